The van der Waals surface area contributed by atoms with Gasteiger partial charge in [-0.2, -0.15) is 0 Å². The number of methoxy groups -OCH3 is 1. The number of hydrogen-bond acceptors (Lipinski definition) is 5. The number of carbonyl (C=O) groups is 1. The molecule has 0 spiro atoms. The molecule has 1 aromatic heterocycles. The minimum Gasteiger partial charge on any atom is -0.439 e. The Hall–Kier alpha value is -2.44. The molecule has 0 radical (unpaired) electrons. The third-order valence-electron chi connectivity index (χ3n) is 6.08. The van der Waals surface area contributed by atoms with E-state index < -0.39 is 0 Å². The van der Waals surface area contributed by atoms with Crippen molar-refractivity contribution in [2.24, 2.45) is 0 Å². The molecule has 6 heteroatoms. The van der Waals surface area contributed by atoms with Gasteiger partial charge in [-0.05, 0) is 56.4 Å². The minimum atomic E-state index is -0.125. The first-order chi connectivity index (χ1) is 14.8. The summed E-state index contributed by atoms with van der Waals surface area (Å²) < 4.78 is 11.3. The zero-order valence-electron chi connectivity index (χ0n) is 19.4. The minimum absolute atomic E-state index is 0.118. The fraction of sp³-hybridized carbons (Fsp3) is 0.520. The molecule has 0 atom stereocenters. The lowest BCUT2D eigenvalue weighted by atomic mass is 9.97. The maximum Gasteiger partial charge on any atom is 0.252 e. The molecule has 2 aromatic rings. The third-order valence-corrected chi connectivity index (χ3v) is 6.08. The van der Waals surface area contributed by atoms with Gasteiger partial charge in [-0.3, -0.25) is 9.69 Å². The first-order valence-corrected chi connectivity index (χ1v) is 11.1. The number of aromatic nitrogens is 1. The Morgan fingerprint density at radius 3 is 2.39 bits per heavy atom. The van der Waals surface area contributed by atoms with Crippen LogP contribution in [0.2, 0.25) is 0 Å². The second kappa shape index (κ2) is 10.2. The van der Waals surface area contributed by atoms with Crippen molar-refractivity contribution in [1.82, 2.24) is 15.2 Å². The van der Waals surface area contributed by atoms with E-state index >= 15 is 0 Å². The van der Waals surface area contributed by atoms with E-state index in [1.165, 1.54) is 5.56 Å². The van der Waals surface area contributed by atoms with Gasteiger partial charge in [0.15, 0.2) is 0 Å². The highest BCUT2D eigenvalue weighted by molar-refractivity contribution is 5.93. The molecule has 0 unspecified atom stereocenters. The Morgan fingerprint density at radius 1 is 1.16 bits per heavy atom. The van der Waals surface area contributed by atoms with Crippen molar-refractivity contribution in [2.75, 3.05) is 26.7 Å². The average molecular weight is 426 g/mol. The summed E-state index contributed by atoms with van der Waals surface area (Å²) in [6, 6.07) is 11.5. The van der Waals surface area contributed by atoms with Crippen molar-refractivity contribution < 1.29 is 14.3 Å². The Bertz CT molecular complexity index is 839. The summed E-state index contributed by atoms with van der Waals surface area (Å²) in [6.07, 6.45) is 3.96. The molecule has 1 amide bonds. The zero-order valence-corrected chi connectivity index (χ0v) is 19.4. The van der Waals surface area contributed by atoms with Crippen LogP contribution >= 0.6 is 0 Å². The van der Waals surface area contributed by atoms with Crippen molar-refractivity contribution >= 4 is 5.91 Å². The lowest BCUT2D eigenvalue weighted by Crippen LogP contribution is -2.54. The number of piperidine rings is 1. The Kier molecular flexibility index (Phi) is 7.68. The van der Waals surface area contributed by atoms with Gasteiger partial charge in [-0.1, -0.05) is 26.0 Å². The number of benzene rings is 1. The van der Waals surface area contributed by atoms with E-state index in [1.807, 2.05) is 12.1 Å². The molecule has 1 saturated heterocycles. The predicted molar refractivity (Wildman–Crippen MR) is 123 cm³/mol. The van der Waals surface area contributed by atoms with E-state index in [1.54, 1.807) is 25.4 Å². The van der Waals surface area contributed by atoms with Gasteiger partial charge < -0.3 is 14.8 Å². The number of nitrogens with one attached hydrogen (secondary N) is 1. The molecular formula is C25H35N3O3. The molecule has 31 heavy (non-hydrogen) atoms. The van der Waals surface area contributed by atoms with Crippen molar-refractivity contribution in [3.63, 3.8) is 0 Å². The first-order valence-electron chi connectivity index (χ1n) is 11.1. The highest BCUT2D eigenvalue weighted by Gasteiger charge is 2.31. The van der Waals surface area contributed by atoms with Crippen molar-refractivity contribution in [2.45, 2.75) is 58.1 Å². The number of hydrogen-bond donors (Lipinski definition) is 1. The fourth-order valence-electron chi connectivity index (χ4n) is 3.82. The number of amides is 1. The Balaban J connectivity index is 1.51. The van der Waals surface area contributed by atoms with Crippen LogP contribution in [0.3, 0.4) is 0 Å². The maximum atomic E-state index is 12.6. The summed E-state index contributed by atoms with van der Waals surface area (Å²) in [5.41, 5.74) is 1.67. The van der Waals surface area contributed by atoms with Gasteiger partial charge in [-0.25, -0.2) is 4.98 Å². The first kappa shape index (κ1) is 23.2. The number of carbonyl (C=O) groups excluding carboxylic acids is 1. The van der Waals surface area contributed by atoms with Crippen molar-refractivity contribution in [1.29, 1.82) is 0 Å². The molecule has 3 rings (SSSR count). The Morgan fingerprint density at radius 2 is 1.84 bits per heavy atom. The average Bonchev–Trinajstić information content (AvgIpc) is 2.78. The smallest absolute Gasteiger partial charge is 0.252 e. The van der Waals surface area contributed by atoms with Crippen LogP contribution in [0.5, 0.6) is 11.6 Å². The maximum absolute atomic E-state index is 12.6. The molecule has 1 N–H and O–H groups in total. The molecule has 1 aliphatic rings. The summed E-state index contributed by atoms with van der Waals surface area (Å²) in [4.78, 5) is 19.3. The molecule has 168 valence electrons. The van der Waals surface area contributed by atoms with Gasteiger partial charge in [0, 0.05) is 44.5 Å². The summed E-state index contributed by atoms with van der Waals surface area (Å²) in [5, 5.41) is 3.05. The normalized spacial score (nSPS) is 15.8. The molecular weight excluding hydrogens is 390 g/mol. The summed E-state index contributed by atoms with van der Waals surface area (Å²) in [6.45, 7) is 11.2. The lowest BCUT2D eigenvalue weighted by Gasteiger charge is -2.42. The largest absolute Gasteiger partial charge is 0.439 e. The summed E-state index contributed by atoms with van der Waals surface area (Å²) >= 11 is 0. The van der Waals surface area contributed by atoms with Crippen LogP contribution in [0, 0.1) is 0 Å². The number of rotatable bonds is 8. The molecule has 1 aliphatic heterocycles. The van der Waals surface area contributed by atoms with Crippen LogP contribution < -0.4 is 10.1 Å². The number of ether oxygens (including phenoxy) is 2. The van der Waals surface area contributed by atoms with Crippen molar-refractivity contribution in [3.05, 3.63) is 53.7 Å². The molecule has 2 heterocycles. The van der Waals surface area contributed by atoms with Gasteiger partial charge in [-0.15, -0.1) is 0 Å². The molecule has 0 saturated carbocycles. The number of pyridine rings is 1. The van der Waals surface area contributed by atoms with E-state index in [0.717, 1.165) is 31.7 Å². The second-order valence-electron chi connectivity index (χ2n) is 9.13. The van der Waals surface area contributed by atoms with E-state index in [0.29, 0.717) is 30.0 Å². The van der Waals surface area contributed by atoms with Gasteiger partial charge in [0.05, 0.1) is 11.7 Å². The highest BCUT2D eigenvalue weighted by Crippen LogP contribution is 2.24. The zero-order chi connectivity index (χ0) is 22.4. The van der Waals surface area contributed by atoms with Crippen LogP contribution in [0.25, 0.3) is 0 Å². The van der Waals surface area contributed by atoms with Gasteiger partial charge >= 0.3 is 0 Å². The Labute approximate surface area is 186 Å². The van der Waals surface area contributed by atoms with Crippen LogP contribution in [0.1, 0.15) is 62.4 Å². The van der Waals surface area contributed by atoms with Gasteiger partial charge in [0.1, 0.15) is 5.75 Å². The SMILES string of the molecule is COC1CCN(C(C)(C)CNC(=O)c2ccc(Oc3ccc(C(C)C)cc3)nc2)CC1. The lowest BCUT2D eigenvalue weighted by molar-refractivity contribution is 0.00676. The summed E-state index contributed by atoms with van der Waals surface area (Å²) in [5.74, 6) is 1.55. The van der Waals surface area contributed by atoms with E-state index in [4.69, 9.17) is 9.47 Å². The standard InChI is InChI=1S/C25H35N3O3/c1-18(2)19-6-9-22(10-7-19)31-23-11-8-20(16-26-23)24(29)27-17-25(3,4)28-14-12-21(30-5)13-15-28/h6-11,16,18,21H,12-15,17H2,1-5H3,(H,27,29). The van der Waals surface area contributed by atoms with Crippen LogP contribution in [-0.4, -0.2) is 54.2 Å². The van der Waals surface area contributed by atoms with E-state index in [-0.39, 0.29) is 11.4 Å². The van der Waals surface area contributed by atoms with Crippen LogP contribution in [0.15, 0.2) is 42.6 Å². The summed E-state index contributed by atoms with van der Waals surface area (Å²) in [7, 11) is 1.78. The van der Waals surface area contributed by atoms with Crippen LogP contribution in [0.4, 0.5) is 0 Å². The van der Waals surface area contributed by atoms with E-state index in [2.05, 4.69) is 55.0 Å². The number of nitrogens with zero attached hydrogens (tertiary/aromatic N) is 2. The quantitative estimate of drug-likeness (QED) is 0.669. The number of likely N-dealkylation sites (tertiary alicyclic amines) is 1. The highest BCUT2D eigenvalue weighted by atomic mass is 16.5. The molecule has 6 nitrogen and oxygen atoms in total. The van der Waals surface area contributed by atoms with Crippen molar-refractivity contribution in [3.8, 4) is 11.6 Å². The molecule has 0 bridgehead atoms. The molecule has 0 aliphatic carbocycles. The molecule has 1 aromatic carbocycles. The van der Waals surface area contributed by atoms with Gasteiger partial charge in [0.25, 0.3) is 5.91 Å². The molecule has 1 fully saturated rings. The topological polar surface area (TPSA) is 63.7 Å². The fourth-order valence-corrected chi connectivity index (χ4v) is 3.82. The predicted octanol–water partition coefficient (Wildman–Crippen LogP) is 4.62. The third kappa shape index (κ3) is 6.28. The monoisotopic (exact) mass is 425 g/mol. The van der Waals surface area contributed by atoms with Gasteiger partial charge in [0.2, 0.25) is 5.88 Å². The van der Waals surface area contributed by atoms with E-state index in [9.17, 15) is 4.79 Å². The second-order valence-corrected chi connectivity index (χ2v) is 9.13. The van der Waals surface area contributed by atoms with Crippen LogP contribution in [-0.2, 0) is 4.74 Å².